The van der Waals surface area contributed by atoms with Crippen LogP contribution in [0.5, 0.6) is 0 Å². The highest BCUT2D eigenvalue weighted by molar-refractivity contribution is 7.16. The molecular weight excluding hydrogens is 368 g/mol. The third kappa shape index (κ3) is 3.62. The van der Waals surface area contributed by atoms with Crippen molar-refractivity contribution in [3.63, 3.8) is 0 Å². The fraction of sp³-hybridized carbons (Fsp3) is 0.500. The average Bonchev–Trinajstić information content (AvgIpc) is 3.13. The van der Waals surface area contributed by atoms with Crippen LogP contribution in [0, 0.1) is 6.92 Å². The van der Waals surface area contributed by atoms with Crippen molar-refractivity contribution in [1.82, 2.24) is 29.8 Å². The molecule has 1 aliphatic rings. The van der Waals surface area contributed by atoms with Crippen molar-refractivity contribution in [3.8, 4) is 0 Å². The van der Waals surface area contributed by atoms with E-state index in [0.29, 0.717) is 12.0 Å². The third-order valence-corrected chi connectivity index (χ3v) is 5.58. The number of aromatic nitrogens is 4. The van der Waals surface area contributed by atoms with Crippen molar-refractivity contribution in [3.05, 3.63) is 46.5 Å². The zero-order valence-electron chi connectivity index (χ0n) is 15.3. The number of hydrogen-bond acceptors (Lipinski definition) is 6. The minimum atomic E-state index is 0. The van der Waals surface area contributed by atoms with Crippen LogP contribution in [0.3, 0.4) is 0 Å². The van der Waals surface area contributed by atoms with Crippen LogP contribution in [-0.2, 0) is 6.54 Å². The number of pyridine rings is 1. The Bertz CT molecular complexity index is 859. The number of halogens is 1. The number of hydrogen-bond donors (Lipinski definition) is 1. The summed E-state index contributed by atoms with van der Waals surface area (Å²) in [6.45, 7) is 10.3. The topological polar surface area (TPSA) is 58.4 Å². The summed E-state index contributed by atoms with van der Waals surface area (Å²) in [7, 11) is 0. The number of nitrogens with zero attached hydrogens (tertiary/aromatic N) is 5. The van der Waals surface area contributed by atoms with Gasteiger partial charge in [-0.15, -0.1) is 12.4 Å². The van der Waals surface area contributed by atoms with Gasteiger partial charge in [0.1, 0.15) is 5.01 Å². The molecule has 0 aliphatic carbocycles. The maximum absolute atomic E-state index is 4.86. The van der Waals surface area contributed by atoms with E-state index >= 15 is 0 Å². The molecule has 1 aliphatic heterocycles. The lowest BCUT2D eigenvalue weighted by atomic mass is 10.0. The number of imidazole rings is 1. The van der Waals surface area contributed by atoms with Crippen molar-refractivity contribution >= 4 is 28.7 Å². The Labute approximate surface area is 164 Å². The molecule has 4 rings (SSSR count). The standard InChI is InChI=1S/C18H24N6S.ClH/c1-12(2)17-16(24-18(21-17)25-13(3)22-24)11-23-8-7-20-10-15(23)14-5-4-6-19-9-14;/h4-6,9,12,15,20H,7-8,10-11H2,1-3H3;1H. The average molecular weight is 393 g/mol. The summed E-state index contributed by atoms with van der Waals surface area (Å²) in [5, 5.41) is 9.27. The van der Waals surface area contributed by atoms with E-state index in [0.717, 1.165) is 36.1 Å². The van der Waals surface area contributed by atoms with Crippen LogP contribution in [-0.4, -0.2) is 44.1 Å². The molecule has 4 heterocycles. The van der Waals surface area contributed by atoms with E-state index in [1.165, 1.54) is 17.0 Å². The van der Waals surface area contributed by atoms with Crippen LogP contribution >= 0.6 is 23.7 Å². The lowest BCUT2D eigenvalue weighted by Gasteiger charge is -2.36. The SMILES string of the molecule is Cc1nn2c(CN3CCNCC3c3cccnc3)c(C(C)C)nc2s1.Cl. The fourth-order valence-corrected chi connectivity index (χ4v) is 4.31. The molecule has 0 saturated carbocycles. The minimum absolute atomic E-state index is 0. The Morgan fingerprint density at radius 1 is 1.38 bits per heavy atom. The van der Waals surface area contributed by atoms with E-state index in [2.05, 4.69) is 39.6 Å². The summed E-state index contributed by atoms with van der Waals surface area (Å²) in [5.74, 6) is 0.393. The molecule has 0 amide bonds. The highest BCUT2D eigenvalue weighted by Gasteiger charge is 2.27. The first-order valence-corrected chi connectivity index (χ1v) is 9.64. The van der Waals surface area contributed by atoms with E-state index in [9.17, 15) is 0 Å². The molecule has 3 aromatic rings. The van der Waals surface area contributed by atoms with Gasteiger partial charge in [0, 0.05) is 44.6 Å². The Balaban J connectivity index is 0.00000196. The predicted molar refractivity (Wildman–Crippen MR) is 107 cm³/mol. The monoisotopic (exact) mass is 392 g/mol. The zero-order chi connectivity index (χ0) is 17.4. The lowest BCUT2D eigenvalue weighted by molar-refractivity contribution is 0.150. The summed E-state index contributed by atoms with van der Waals surface area (Å²) < 4.78 is 2.05. The quantitative estimate of drug-likeness (QED) is 0.738. The van der Waals surface area contributed by atoms with E-state index < -0.39 is 0 Å². The first-order valence-electron chi connectivity index (χ1n) is 8.83. The molecule has 1 N–H and O–H groups in total. The van der Waals surface area contributed by atoms with Gasteiger partial charge in [0.15, 0.2) is 0 Å². The van der Waals surface area contributed by atoms with Crippen molar-refractivity contribution in [2.45, 2.75) is 39.3 Å². The fourth-order valence-electron chi connectivity index (χ4n) is 3.54. The highest BCUT2D eigenvalue weighted by Crippen LogP contribution is 2.29. The summed E-state index contributed by atoms with van der Waals surface area (Å²) in [6.07, 6.45) is 3.81. The molecule has 0 aromatic carbocycles. The number of nitrogens with one attached hydrogen (secondary N) is 1. The predicted octanol–water partition coefficient (Wildman–Crippen LogP) is 3.19. The molecule has 1 saturated heterocycles. The second-order valence-electron chi connectivity index (χ2n) is 6.89. The summed E-state index contributed by atoms with van der Waals surface area (Å²) in [4.78, 5) is 12.7. The Kier molecular flexibility index (Phi) is 5.92. The smallest absolute Gasteiger partial charge is 0.212 e. The second-order valence-corrected chi connectivity index (χ2v) is 8.05. The highest BCUT2D eigenvalue weighted by atomic mass is 35.5. The normalized spacial score (nSPS) is 18.4. The molecule has 0 radical (unpaired) electrons. The molecule has 140 valence electrons. The van der Waals surface area contributed by atoms with Gasteiger partial charge in [0.25, 0.3) is 0 Å². The van der Waals surface area contributed by atoms with Gasteiger partial charge >= 0.3 is 0 Å². The van der Waals surface area contributed by atoms with Crippen LogP contribution in [0.15, 0.2) is 24.5 Å². The summed E-state index contributed by atoms with van der Waals surface area (Å²) in [5.41, 5.74) is 3.66. The molecule has 6 nitrogen and oxygen atoms in total. The van der Waals surface area contributed by atoms with Gasteiger partial charge in [0.05, 0.1) is 11.4 Å². The van der Waals surface area contributed by atoms with Crippen LogP contribution in [0.25, 0.3) is 4.96 Å². The van der Waals surface area contributed by atoms with E-state index in [-0.39, 0.29) is 12.4 Å². The molecule has 1 atom stereocenters. The minimum Gasteiger partial charge on any atom is -0.314 e. The maximum Gasteiger partial charge on any atom is 0.212 e. The van der Waals surface area contributed by atoms with Crippen LogP contribution < -0.4 is 5.32 Å². The molecule has 0 bridgehead atoms. The second kappa shape index (κ2) is 8.00. The van der Waals surface area contributed by atoms with Gasteiger partial charge in [-0.05, 0) is 24.5 Å². The Hall–Kier alpha value is -1.54. The van der Waals surface area contributed by atoms with E-state index in [1.807, 2.05) is 25.4 Å². The van der Waals surface area contributed by atoms with Gasteiger partial charge in [-0.1, -0.05) is 31.3 Å². The van der Waals surface area contributed by atoms with Gasteiger partial charge in [0.2, 0.25) is 4.96 Å². The van der Waals surface area contributed by atoms with Crippen molar-refractivity contribution in [2.24, 2.45) is 0 Å². The molecule has 26 heavy (non-hydrogen) atoms. The van der Waals surface area contributed by atoms with E-state index in [1.54, 1.807) is 11.3 Å². The summed E-state index contributed by atoms with van der Waals surface area (Å²) >= 11 is 1.66. The van der Waals surface area contributed by atoms with Crippen molar-refractivity contribution in [2.75, 3.05) is 19.6 Å². The molecule has 1 fully saturated rings. The summed E-state index contributed by atoms with van der Waals surface area (Å²) in [6, 6.07) is 4.51. The number of aryl methyl sites for hydroxylation is 1. The van der Waals surface area contributed by atoms with Crippen LogP contribution in [0.4, 0.5) is 0 Å². The third-order valence-electron chi connectivity index (χ3n) is 4.75. The lowest BCUT2D eigenvalue weighted by Crippen LogP contribution is -2.45. The van der Waals surface area contributed by atoms with E-state index in [4.69, 9.17) is 10.1 Å². The van der Waals surface area contributed by atoms with Gasteiger partial charge in [-0.3, -0.25) is 9.88 Å². The van der Waals surface area contributed by atoms with Crippen molar-refractivity contribution < 1.29 is 0 Å². The number of piperazine rings is 1. The Morgan fingerprint density at radius 2 is 2.23 bits per heavy atom. The maximum atomic E-state index is 4.86. The molecule has 8 heteroatoms. The molecule has 3 aromatic heterocycles. The number of rotatable bonds is 4. The Morgan fingerprint density at radius 3 is 2.96 bits per heavy atom. The largest absolute Gasteiger partial charge is 0.314 e. The first-order chi connectivity index (χ1) is 12.1. The van der Waals surface area contributed by atoms with Crippen molar-refractivity contribution in [1.29, 1.82) is 0 Å². The first kappa shape index (κ1) is 19.2. The molecule has 1 unspecified atom stereocenters. The molecular formula is C18H25ClN6S. The molecule has 0 spiro atoms. The number of fused-ring (bicyclic) bond motifs is 1. The van der Waals surface area contributed by atoms with Crippen LogP contribution in [0.1, 0.15) is 47.8 Å². The van der Waals surface area contributed by atoms with Gasteiger partial charge in [-0.2, -0.15) is 5.10 Å². The van der Waals surface area contributed by atoms with Gasteiger partial charge < -0.3 is 5.32 Å². The zero-order valence-corrected chi connectivity index (χ0v) is 17.0. The van der Waals surface area contributed by atoms with Crippen LogP contribution in [0.2, 0.25) is 0 Å². The van der Waals surface area contributed by atoms with Gasteiger partial charge in [-0.25, -0.2) is 9.50 Å².